The molecular weight excluding hydrogens is 340 g/mol. The first kappa shape index (κ1) is 23.8. The van der Waals surface area contributed by atoms with Crippen molar-refractivity contribution >= 4 is 5.57 Å². The molecule has 1 aromatic rings. The third-order valence-corrected chi connectivity index (χ3v) is 4.99. The molecule has 0 heterocycles. The van der Waals surface area contributed by atoms with Crippen molar-refractivity contribution < 1.29 is 4.74 Å². The third-order valence-electron chi connectivity index (χ3n) is 4.99. The maximum atomic E-state index is 5.62. The highest BCUT2D eigenvalue weighted by Gasteiger charge is 2.16. The van der Waals surface area contributed by atoms with Crippen LogP contribution < -0.4 is 0 Å². The van der Waals surface area contributed by atoms with E-state index in [1.165, 1.54) is 29.6 Å². The highest BCUT2D eigenvalue weighted by atomic mass is 16.5. The lowest BCUT2D eigenvalue weighted by Gasteiger charge is -2.22. The number of hydrogen-bond acceptors (Lipinski definition) is 1. The average Bonchev–Trinajstić information content (AvgIpc) is 2.68. The van der Waals surface area contributed by atoms with Crippen LogP contribution in [-0.2, 0) is 4.74 Å². The van der Waals surface area contributed by atoms with Gasteiger partial charge in [0, 0.05) is 5.92 Å². The van der Waals surface area contributed by atoms with Crippen LogP contribution in [0.15, 0.2) is 85.7 Å². The Balaban J connectivity index is 2.68. The molecule has 1 heteroatoms. The molecule has 0 bridgehead atoms. The minimum absolute atomic E-state index is 0.389. The van der Waals surface area contributed by atoms with Crippen LogP contribution in [0.25, 0.3) is 5.57 Å². The summed E-state index contributed by atoms with van der Waals surface area (Å²) in [5.41, 5.74) is 3.68. The summed E-state index contributed by atoms with van der Waals surface area (Å²) < 4.78 is 5.62. The van der Waals surface area contributed by atoms with Gasteiger partial charge in [0.15, 0.2) is 0 Å². The quantitative estimate of drug-likeness (QED) is 0.180. The molecule has 0 fully saturated rings. The van der Waals surface area contributed by atoms with Gasteiger partial charge in [-0.2, -0.15) is 0 Å². The molecule has 0 aromatic heterocycles. The minimum Gasteiger partial charge on any atom is -0.499 e. The molecule has 28 heavy (non-hydrogen) atoms. The van der Waals surface area contributed by atoms with Gasteiger partial charge in [-0.1, -0.05) is 80.3 Å². The summed E-state index contributed by atoms with van der Waals surface area (Å²) in [7, 11) is 0. The van der Waals surface area contributed by atoms with Crippen LogP contribution in [0, 0.1) is 11.8 Å². The molecule has 0 radical (unpaired) electrons. The fourth-order valence-corrected chi connectivity index (χ4v) is 3.34. The standard InChI is InChI=1S/C27H38O/c1-7-14-26(27-16-10-9-11-17-27)18-13-12-15-25(20-19-22(3)4)21-23(5)24(6)28-8-2/h7,9-11,13-14,16-18,23,25H,1,3,6,8,12,15,19-21H2,2,4-5H3/b18-13-,26-14+/t23-,25?/m1/s1. The van der Waals surface area contributed by atoms with Crippen molar-refractivity contribution in [3.63, 3.8) is 0 Å². The first-order chi connectivity index (χ1) is 13.5. The van der Waals surface area contributed by atoms with Gasteiger partial charge >= 0.3 is 0 Å². The number of rotatable bonds is 14. The van der Waals surface area contributed by atoms with Crippen molar-refractivity contribution in [2.24, 2.45) is 11.8 Å². The van der Waals surface area contributed by atoms with E-state index in [1.807, 2.05) is 19.1 Å². The van der Waals surface area contributed by atoms with Crippen LogP contribution in [-0.4, -0.2) is 6.61 Å². The Morgan fingerprint density at radius 2 is 1.86 bits per heavy atom. The molecule has 0 saturated carbocycles. The number of hydrogen-bond donors (Lipinski definition) is 0. The van der Waals surface area contributed by atoms with E-state index < -0.39 is 0 Å². The number of ether oxygens (including phenoxy) is 1. The topological polar surface area (TPSA) is 9.23 Å². The Kier molecular flexibility index (Phi) is 11.7. The zero-order valence-electron chi connectivity index (χ0n) is 18.1. The monoisotopic (exact) mass is 378 g/mol. The predicted octanol–water partition coefficient (Wildman–Crippen LogP) is 8.14. The molecule has 0 amide bonds. The highest BCUT2D eigenvalue weighted by molar-refractivity contribution is 5.74. The first-order valence-corrected chi connectivity index (χ1v) is 10.5. The van der Waals surface area contributed by atoms with Crippen molar-refractivity contribution in [1.82, 2.24) is 0 Å². The Labute approximate surface area is 173 Å². The van der Waals surface area contributed by atoms with Crippen LogP contribution in [0.1, 0.15) is 58.4 Å². The number of benzene rings is 1. The maximum Gasteiger partial charge on any atom is 0.0916 e. The second kappa shape index (κ2) is 13.8. The van der Waals surface area contributed by atoms with Gasteiger partial charge in [0.05, 0.1) is 12.4 Å². The molecule has 0 aliphatic heterocycles. The van der Waals surface area contributed by atoms with Gasteiger partial charge in [-0.25, -0.2) is 0 Å². The fraction of sp³-hybridized carbons (Fsp3) is 0.407. The van der Waals surface area contributed by atoms with E-state index in [-0.39, 0.29) is 0 Å². The lowest BCUT2D eigenvalue weighted by molar-refractivity contribution is 0.183. The molecule has 0 aliphatic carbocycles. The molecule has 1 rings (SSSR count). The molecule has 1 unspecified atom stereocenters. The van der Waals surface area contributed by atoms with Crippen LogP contribution >= 0.6 is 0 Å². The maximum absolute atomic E-state index is 5.62. The molecule has 0 saturated heterocycles. The Hall–Kier alpha value is -2.28. The summed E-state index contributed by atoms with van der Waals surface area (Å²) in [4.78, 5) is 0. The largest absolute Gasteiger partial charge is 0.499 e. The van der Waals surface area contributed by atoms with Gasteiger partial charge in [-0.05, 0) is 63.0 Å². The van der Waals surface area contributed by atoms with Crippen LogP contribution in [0.5, 0.6) is 0 Å². The van der Waals surface area contributed by atoms with Crippen molar-refractivity contribution in [2.75, 3.05) is 6.61 Å². The normalized spacial score (nSPS) is 13.9. The van der Waals surface area contributed by atoms with E-state index >= 15 is 0 Å². The third kappa shape index (κ3) is 9.60. The van der Waals surface area contributed by atoms with Crippen LogP contribution in [0.2, 0.25) is 0 Å². The molecule has 2 atom stereocenters. The number of allylic oxidation sites excluding steroid dienone is 7. The van der Waals surface area contributed by atoms with Crippen LogP contribution in [0.4, 0.5) is 0 Å². The second-order valence-electron chi connectivity index (χ2n) is 7.60. The smallest absolute Gasteiger partial charge is 0.0916 e. The van der Waals surface area contributed by atoms with E-state index in [0.717, 1.165) is 25.0 Å². The van der Waals surface area contributed by atoms with Gasteiger partial charge in [0.1, 0.15) is 0 Å². The van der Waals surface area contributed by atoms with Crippen molar-refractivity contribution in [3.8, 4) is 0 Å². The Morgan fingerprint density at radius 1 is 1.14 bits per heavy atom. The van der Waals surface area contributed by atoms with E-state index in [2.05, 4.69) is 76.1 Å². The van der Waals surface area contributed by atoms with E-state index in [9.17, 15) is 0 Å². The summed E-state index contributed by atoms with van der Waals surface area (Å²) in [6.45, 7) is 19.1. The van der Waals surface area contributed by atoms with E-state index in [0.29, 0.717) is 18.4 Å². The summed E-state index contributed by atoms with van der Waals surface area (Å²) in [6.07, 6.45) is 14.1. The first-order valence-electron chi connectivity index (χ1n) is 10.5. The predicted molar refractivity (Wildman–Crippen MR) is 125 cm³/mol. The van der Waals surface area contributed by atoms with Crippen molar-refractivity contribution in [1.29, 1.82) is 0 Å². The van der Waals surface area contributed by atoms with E-state index in [1.54, 1.807) is 0 Å². The lowest BCUT2D eigenvalue weighted by atomic mass is 9.86. The van der Waals surface area contributed by atoms with Gasteiger partial charge in [-0.3, -0.25) is 0 Å². The van der Waals surface area contributed by atoms with Gasteiger partial charge < -0.3 is 4.74 Å². The lowest BCUT2D eigenvalue weighted by Crippen LogP contribution is -2.10. The van der Waals surface area contributed by atoms with Crippen molar-refractivity contribution in [2.45, 2.75) is 52.9 Å². The summed E-state index contributed by atoms with van der Waals surface area (Å²) in [5.74, 6) is 1.95. The minimum atomic E-state index is 0.389. The summed E-state index contributed by atoms with van der Waals surface area (Å²) >= 11 is 0. The molecule has 0 aliphatic rings. The van der Waals surface area contributed by atoms with Gasteiger partial charge in [0.2, 0.25) is 0 Å². The van der Waals surface area contributed by atoms with E-state index in [4.69, 9.17) is 4.74 Å². The molecule has 0 N–H and O–H groups in total. The SMILES string of the molecule is C=C/C=C(\C=C/CCC(CCC(=C)C)C[C@@H](C)C(=C)OCC)c1ccccc1. The highest BCUT2D eigenvalue weighted by Crippen LogP contribution is 2.28. The molecule has 152 valence electrons. The molecule has 0 spiro atoms. The van der Waals surface area contributed by atoms with Gasteiger partial charge in [0.25, 0.3) is 0 Å². The van der Waals surface area contributed by atoms with Crippen molar-refractivity contribution in [3.05, 3.63) is 91.3 Å². The second-order valence-corrected chi connectivity index (χ2v) is 7.60. The average molecular weight is 379 g/mol. The fourth-order valence-electron chi connectivity index (χ4n) is 3.34. The molecular formula is C27H38O. The summed E-state index contributed by atoms with van der Waals surface area (Å²) in [5, 5.41) is 0. The summed E-state index contributed by atoms with van der Waals surface area (Å²) in [6, 6.07) is 10.5. The Bertz CT molecular complexity index is 663. The zero-order chi connectivity index (χ0) is 20.8. The Morgan fingerprint density at radius 3 is 2.46 bits per heavy atom. The zero-order valence-corrected chi connectivity index (χ0v) is 18.1. The van der Waals surface area contributed by atoms with Crippen LogP contribution in [0.3, 0.4) is 0 Å². The van der Waals surface area contributed by atoms with Gasteiger partial charge in [-0.15, -0.1) is 6.58 Å². The molecule has 1 nitrogen and oxygen atoms in total. The molecule has 1 aromatic carbocycles.